The van der Waals surface area contributed by atoms with Gasteiger partial charge in [-0.1, -0.05) is 0 Å². The van der Waals surface area contributed by atoms with Gasteiger partial charge >= 0.3 is 11.9 Å². The standard InChI is InChI=1S/C15H19NO5/c1-15(2,3)21-14(19)12-8-16(4)10-6-5-9(13(17)18)7-11(10)20-12/h5-7,12H,8H2,1-4H3,(H,17,18). The van der Waals surface area contributed by atoms with Crippen molar-refractivity contribution in [1.82, 2.24) is 0 Å². The number of carbonyl (C=O) groups excluding carboxylic acids is 1. The maximum Gasteiger partial charge on any atom is 0.349 e. The number of hydrogen-bond acceptors (Lipinski definition) is 5. The smallest absolute Gasteiger partial charge is 0.349 e. The molecular formula is C15H19NO5. The Kier molecular flexibility index (Phi) is 3.80. The Morgan fingerprint density at radius 1 is 1.38 bits per heavy atom. The summed E-state index contributed by atoms with van der Waals surface area (Å²) in [4.78, 5) is 25.0. The first-order valence-corrected chi connectivity index (χ1v) is 6.65. The van der Waals surface area contributed by atoms with Crippen LogP contribution in [-0.2, 0) is 9.53 Å². The fourth-order valence-corrected chi connectivity index (χ4v) is 2.08. The normalized spacial score (nSPS) is 17.7. The van der Waals surface area contributed by atoms with Crippen molar-refractivity contribution in [2.24, 2.45) is 0 Å². The SMILES string of the molecule is CN1CC(C(=O)OC(C)(C)C)Oc2cc(C(=O)O)ccc21. The molecule has 1 N–H and O–H groups in total. The maximum absolute atomic E-state index is 12.1. The lowest BCUT2D eigenvalue weighted by atomic mass is 10.1. The van der Waals surface area contributed by atoms with Gasteiger partial charge in [0.05, 0.1) is 17.8 Å². The molecule has 0 fully saturated rings. The second-order valence-electron chi connectivity index (χ2n) is 6.01. The van der Waals surface area contributed by atoms with E-state index in [4.69, 9.17) is 14.6 Å². The highest BCUT2D eigenvalue weighted by Gasteiger charge is 2.33. The van der Waals surface area contributed by atoms with Crippen LogP contribution in [0.2, 0.25) is 0 Å². The number of carboxylic acid groups (broad SMARTS) is 1. The van der Waals surface area contributed by atoms with Gasteiger partial charge in [0.25, 0.3) is 0 Å². The molecule has 0 aromatic heterocycles. The number of benzene rings is 1. The Morgan fingerprint density at radius 3 is 2.62 bits per heavy atom. The topological polar surface area (TPSA) is 76.1 Å². The number of carbonyl (C=O) groups is 2. The van der Waals surface area contributed by atoms with Crippen LogP contribution in [0.3, 0.4) is 0 Å². The molecule has 0 bridgehead atoms. The molecule has 0 spiro atoms. The summed E-state index contributed by atoms with van der Waals surface area (Å²) in [5.74, 6) is -1.12. The van der Waals surface area contributed by atoms with E-state index in [1.54, 1.807) is 26.8 Å². The van der Waals surface area contributed by atoms with E-state index in [0.717, 1.165) is 5.69 Å². The molecule has 0 amide bonds. The summed E-state index contributed by atoms with van der Waals surface area (Å²) in [6.45, 7) is 5.71. The minimum Gasteiger partial charge on any atom is -0.478 e. The summed E-state index contributed by atoms with van der Waals surface area (Å²) in [5.41, 5.74) is 0.272. The monoisotopic (exact) mass is 293 g/mol. The molecule has 2 rings (SSSR count). The molecule has 114 valence electrons. The second kappa shape index (κ2) is 5.27. The quantitative estimate of drug-likeness (QED) is 0.840. The number of anilines is 1. The highest BCUT2D eigenvalue weighted by atomic mass is 16.6. The highest BCUT2D eigenvalue weighted by molar-refractivity contribution is 5.89. The van der Waals surface area contributed by atoms with Crippen LogP contribution in [0.4, 0.5) is 5.69 Å². The predicted octanol–water partition coefficient (Wildman–Crippen LogP) is 1.92. The Labute approximate surface area is 123 Å². The molecule has 1 unspecified atom stereocenters. The molecule has 0 saturated carbocycles. The van der Waals surface area contributed by atoms with Crippen molar-refractivity contribution < 1.29 is 24.2 Å². The Morgan fingerprint density at radius 2 is 2.05 bits per heavy atom. The molecule has 1 aliphatic rings. The van der Waals surface area contributed by atoms with Crippen LogP contribution in [0.15, 0.2) is 18.2 Å². The van der Waals surface area contributed by atoms with Gasteiger partial charge in [0.15, 0.2) is 0 Å². The summed E-state index contributed by atoms with van der Waals surface area (Å²) in [7, 11) is 1.82. The second-order valence-corrected chi connectivity index (χ2v) is 6.01. The Balaban J connectivity index is 2.24. The lowest BCUT2D eigenvalue weighted by molar-refractivity contribution is -0.163. The van der Waals surface area contributed by atoms with E-state index in [9.17, 15) is 9.59 Å². The molecule has 1 atom stereocenters. The molecule has 0 aliphatic carbocycles. The molecule has 6 nitrogen and oxygen atoms in total. The van der Waals surface area contributed by atoms with Gasteiger partial charge in [0, 0.05) is 7.05 Å². The average Bonchev–Trinajstić information content (AvgIpc) is 2.35. The number of nitrogens with zero attached hydrogens (tertiary/aromatic N) is 1. The van der Waals surface area contributed by atoms with E-state index in [2.05, 4.69) is 0 Å². The van der Waals surface area contributed by atoms with Gasteiger partial charge < -0.3 is 19.5 Å². The van der Waals surface area contributed by atoms with Gasteiger partial charge in [-0.3, -0.25) is 0 Å². The number of fused-ring (bicyclic) bond motifs is 1. The van der Waals surface area contributed by atoms with Crippen molar-refractivity contribution in [2.75, 3.05) is 18.5 Å². The summed E-state index contributed by atoms with van der Waals surface area (Å²) in [5, 5.41) is 9.02. The number of carboxylic acids is 1. The van der Waals surface area contributed by atoms with Gasteiger partial charge in [-0.05, 0) is 39.0 Å². The molecule has 21 heavy (non-hydrogen) atoms. The largest absolute Gasteiger partial charge is 0.478 e. The van der Waals surface area contributed by atoms with Gasteiger partial charge in [0.2, 0.25) is 6.10 Å². The van der Waals surface area contributed by atoms with Crippen LogP contribution in [-0.4, -0.2) is 42.3 Å². The maximum atomic E-state index is 12.1. The Hall–Kier alpha value is -2.24. The first-order valence-electron chi connectivity index (χ1n) is 6.65. The summed E-state index contributed by atoms with van der Waals surface area (Å²) in [6.07, 6.45) is -0.772. The molecule has 0 saturated heterocycles. The molecule has 6 heteroatoms. The zero-order valence-corrected chi connectivity index (χ0v) is 12.5. The molecule has 1 aromatic rings. The predicted molar refractivity (Wildman–Crippen MR) is 76.9 cm³/mol. The van der Waals surface area contributed by atoms with Gasteiger partial charge in [-0.2, -0.15) is 0 Å². The van der Waals surface area contributed by atoms with Gasteiger partial charge in [0.1, 0.15) is 11.4 Å². The van der Waals surface area contributed by atoms with Crippen molar-refractivity contribution in [2.45, 2.75) is 32.5 Å². The third-order valence-corrected chi connectivity index (χ3v) is 3.00. The lowest BCUT2D eigenvalue weighted by Crippen LogP contribution is -2.45. The van der Waals surface area contributed by atoms with Crippen molar-refractivity contribution in [3.05, 3.63) is 23.8 Å². The molecular weight excluding hydrogens is 274 g/mol. The molecule has 1 aliphatic heterocycles. The van der Waals surface area contributed by atoms with E-state index >= 15 is 0 Å². The van der Waals surface area contributed by atoms with E-state index in [0.29, 0.717) is 12.3 Å². The van der Waals surface area contributed by atoms with Gasteiger partial charge in [-0.15, -0.1) is 0 Å². The zero-order valence-electron chi connectivity index (χ0n) is 12.5. The lowest BCUT2D eigenvalue weighted by Gasteiger charge is -2.34. The molecule has 1 aromatic carbocycles. The highest BCUT2D eigenvalue weighted by Crippen LogP contribution is 2.34. The fraction of sp³-hybridized carbons (Fsp3) is 0.467. The van der Waals surface area contributed by atoms with E-state index in [1.165, 1.54) is 12.1 Å². The fourth-order valence-electron chi connectivity index (χ4n) is 2.08. The van der Waals surface area contributed by atoms with Gasteiger partial charge in [-0.25, -0.2) is 9.59 Å². The molecule has 1 heterocycles. The number of aromatic carboxylic acids is 1. The van der Waals surface area contributed by atoms with E-state index < -0.39 is 23.6 Å². The first-order chi connectivity index (χ1) is 9.67. The minimum atomic E-state index is -1.04. The van der Waals surface area contributed by atoms with Crippen LogP contribution < -0.4 is 9.64 Å². The summed E-state index contributed by atoms with van der Waals surface area (Å²) < 4.78 is 10.9. The number of ether oxygens (including phenoxy) is 2. The number of esters is 1. The van der Waals surface area contributed by atoms with Crippen LogP contribution in [0.1, 0.15) is 31.1 Å². The average molecular weight is 293 g/mol. The molecule has 0 radical (unpaired) electrons. The minimum absolute atomic E-state index is 0.118. The Bertz CT molecular complexity index is 576. The van der Waals surface area contributed by atoms with Crippen LogP contribution >= 0.6 is 0 Å². The van der Waals surface area contributed by atoms with Crippen molar-refractivity contribution >= 4 is 17.6 Å². The van der Waals surface area contributed by atoms with Crippen LogP contribution in [0.25, 0.3) is 0 Å². The van der Waals surface area contributed by atoms with Crippen LogP contribution in [0, 0.1) is 0 Å². The van der Waals surface area contributed by atoms with E-state index in [1.807, 2.05) is 11.9 Å². The van der Waals surface area contributed by atoms with Crippen molar-refractivity contribution in [3.8, 4) is 5.75 Å². The van der Waals surface area contributed by atoms with Crippen LogP contribution in [0.5, 0.6) is 5.75 Å². The van der Waals surface area contributed by atoms with Crippen molar-refractivity contribution in [3.63, 3.8) is 0 Å². The van der Waals surface area contributed by atoms with Crippen molar-refractivity contribution in [1.29, 1.82) is 0 Å². The third kappa shape index (κ3) is 3.45. The zero-order chi connectivity index (χ0) is 15.8. The number of hydrogen-bond donors (Lipinski definition) is 1. The first kappa shape index (κ1) is 15.2. The summed E-state index contributed by atoms with van der Waals surface area (Å²) in [6, 6.07) is 4.60. The number of likely N-dealkylation sites (N-methyl/N-ethyl adjacent to an activating group) is 1. The van der Waals surface area contributed by atoms with E-state index in [-0.39, 0.29) is 5.56 Å². The third-order valence-electron chi connectivity index (χ3n) is 3.00. The summed E-state index contributed by atoms with van der Waals surface area (Å²) >= 11 is 0. The number of rotatable bonds is 2.